The Morgan fingerprint density at radius 2 is 2.18 bits per heavy atom. The molecule has 0 aromatic heterocycles. The maximum Gasteiger partial charge on any atom is 0.0657 e. The maximum atomic E-state index is 5.64. The smallest absolute Gasteiger partial charge is 0.0657 e. The number of hydrogen-bond acceptors (Lipinski definition) is 2. The molecule has 2 saturated heterocycles. The molecule has 0 amide bonds. The van der Waals surface area contributed by atoms with Crippen LogP contribution in [-0.2, 0) is 12.8 Å². The fourth-order valence-electron chi connectivity index (χ4n) is 3.95. The van der Waals surface area contributed by atoms with E-state index in [-0.39, 0.29) is 0 Å². The van der Waals surface area contributed by atoms with Crippen molar-refractivity contribution in [3.05, 3.63) is 34.9 Å². The lowest BCUT2D eigenvalue weighted by atomic mass is 9.88. The molecular formula is C19H29BN2. The third-order valence-corrected chi connectivity index (χ3v) is 5.34. The van der Waals surface area contributed by atoms with E-state index < -0.39 is 0 Å². The molecule has 3 heteroatoms. The zero-order chi connectivity index (χ0) is 15.4. The first-order valence-electron chi connectivity index (χ1n) is 8.99. The monoisotopic (exact) mass is 296 g/mol. The summed E-state index contributed by atoms with van der Waals surface area (Å²) in [5.74, 6) is 0.857. The van der Waals surface area contributed by atoms with Crippen LogP contribution in [0.2, 0.25) is 6.32 Å². The predicted octanol–water partition coefficient (Wildman–Crippen LogP) is 2.74. The lowest BCUT2D eigenvalue weighted by Gasteiger charge is -2.40. The first-order valence-corrected chi connectivity index (χ1v) is 8.99. The van der Waals surface area contributed by atoms with Crippen LogP contribution in [0.3, 0.4) is 0 Å². The van der Waals surface area contributed by atoms with Crippen LogP contribution in [0, 0.1) is 12.8 Å². The summed E-state index contributed by atoms with van der Waals surface area (Å²) in [7, 11) is 5.64. The van der Waals surface area contributed by atoms with Crippen LogP contribution in [0.1, 0.15) is 36.0 Å². The Bertz CT molecular complexity index is 476. The van der Waals surface area contributed by atoms with E-state index in [9.17, 15) is 0 Å². The largest absolute Gasteiger partial charge is 0.314 e. The topological polar surface area (TPSA) is 15.3 Å². The summed E-state index contributed by atoms with van der Waals surface area (Å²) in [4.78, 5) is 2.63. The second-order valence-electron chi connectivity index (χ2n) is 7.21. The van der Waals surface area contributed by atoms with E-state index in [1.54, 1.807) is 0 Å². The predicted molar refractivity (Wildman–Crippen MR) is 94.7 cm³/mol. The van der Waals surface area contributed by atoms with Gasteiger partial charge in [0.15, 0.2) is 0 Å². The Morgan fingerprint density at radius 3 is 2.86 bits per heavy atom. The minimum absolute atomic E-state index is 0.742. The first-order chi connectivity index (χ1) is 10.7. The average molecular weight is 296 g/mol. The SMILES string of the molecule is [B]CCc1ccc(CC2CN(CCC3CCCN3)C2)c(C)c1. The highest BCUT2D eigenvalue weighted by molar-refractivity contribution is 6.08. The van der Waals surface area contributed by atoms with Gasteiger partial charge in [-0.25, -0.2) is 0 Å². The van der Waals surface area contributed by atoms with Gasteiger partial charge in [0.05, 0.1) is 7.85 Å². The molecule has 1 unspecified atom stereocenters. The Labute approximate surface area is 137 Å². The van der Waals surface area contributed by atoms with Gasteiger partial charge in [0.25, 0.3) is 0 Å². The summed E-state index contributed by atoms with van der Waals surface area (Å²) in [5, 5.41) is 3.60. The van der Waals surface area contributed by atoms with Crippen molar-refractivity contribution >= 4 is 7.85 Å². The number of benzene rings is 1. The summed E-state index contributed by atoms with van der Waals surface area (Å²) >= 11 is 0. The molecule has 1 atom stereocenters. The van der Waals surface area contributed by atoms with Crippen molar-refractivity contribution in [2.24, 2.45) is 5.92 Å². The summed E-state index contributed by atoms with van der Waals surface area (Å²) < 4.78 is 0. The molecule has 2 aliphatic rings. The lowest BCUT2D eigenvalue weighted by Crippen LogP contribution is -2.48. The molecule has 1 N–H and O–H groups in total. The number of aryl methyl sites for hydroxylation is 2. The average Bonchev–Trinajstić information content (AvgIpc) is 2.97. The molecule has 2 aliphatic heterocycles. The van der Waals surface area contributed by atoms with Gasteiger partial charge < -0.3 is 10.2 Å². The summed E-state index contributed by atoms with van der Waals surface area (Å²) in [6, 6.07) is 7.70. The van der Waals surface area contributed by atoms with Crippen LogP contribution in [0.15, 0.2) is 18.2 Å². The van der Waals surface area contributed by atoms with E-state index >= 15 is 0 Å². The first kappa shape index (κ1) is 16.1. The van der Waals surface area contributed by atoms with Crippen molar-refractivity contribution in [3.63, 3.8) is 0 Å². The van der Waals surface area contributed by atoms with Crippen molar-refractivity contribution < 1.29 is 0 Å². The zero-order valence-corrected chi connectivity index (χ0v) is 14.0. The number of rotatable bonds is 7. The van der Waals surface area contributed by atoms with Crippen LogP contribution in [0.5, 0.6) is 0 Å². The normalized spacial score (nSPS) is 22.9. The Kier molecular flexibility index (Phi) is 5.59. The fourth-order valence-corrected chi connectivity index (χ4v) is 3.95. The van der Waals surface area contributed by atoms with Gasteiger partial charge in [-0.05, 0) is 74.7 Å². The number of nitrogens with one attached hydrogen (secondary N) is 1. The number of hydrogen-bond donors (Lipinski definition) is 1. The lowest BCUT2D eigenvalue weighted by molar-refractivity contribution is 0.0961. The van der Waals surface area contributed by atoms with Gasteiger partial charge in [0.1, 0.15) is 0 Å². The van der Waals surface area contributed by atoms with Crippen molar-refractivity contribution in [3.8, 4) is 0 Å². The Hall–Kier alpha value is -0.795. The summed E-state index contributed by atoms with van der Waals surface area (Å²) in [6.45, 7) is 7.33. The van der Waals surface area contributed by atoms with E-state index in [1.165, 1.54) is 68.6 Å². The molecule has 1 aromatic carbocycles. The van der Waals surface area contributed by atoms with E-state index in [0.717, 1.165) is 24.7 Å². The second-order valence-corrected chi connectivity index (χ2v) is 7.21. The Balaban J connectivity index is 1.40. The number of likely N-dealkylation sites (tertiary alicyclic amines) is 1. The third kappa shape index (κ3) is 4.14. The molecule has 2 radical (unpaired) electrons. The fraction of sp³-hybridized carbons (Fsp3) is 0.684. The van der Waals surface area contributed by atoms with E-state index in [0.29, 0.717) is 0 Å². The van der Waals surface area contributed by atoms with Crippen molar-refractivity contribution in [2.75, 3.05) is 26.2 Å². The Morgan fingerprint density at radius 1 is 1.32 bits per heavy atom. The number of nitrogens with zero attached hydrogens (tertiary/aromatic N) is 1. The molecule has 0 spiro atoms. The molecule has 2 heterocycles. The van der Waals surface area contributed by atoms with Crippen LogP contribution >= 0.6 is 0 Å². The highest BCUT2D eigenvalue weighted by Gasteiger charge is 2.27. The minimum atomic E-state index is 0.742. The molecule has 2 fully saturated rings. The summed E-state index contributed by atoms with van der Waals surface area (Å²) in [5.41, 5.74) is 4.35. The standard InChI is InChI=1S/C19H29BN2/c1-15-11-16(6-8-20)4-5-18(15)12-17-13-22(14-17)10-7-19-3-2-9-21-19/h4-5,11,17,19,21H,2-3,6-10,12-14H2,1H3. The summed E-state index contributed by atoms with van der Waals surface area (Å²) in [6.07, 6.45) is 7.06. The molecule has 118 valence electrons. The van der Waals surface area contributed by atoms with Crippen LogP contribution in [-0.4, -0.2) is 45.0 Å². The van der Waals surface area contributed by atoms with Crippen LogP contribution in [0.4, 0.5) is 0 Å². The maximum absolute atomic E-state index is 5.64. The van der Waals surface area contributed by atoms with Gasteiger partial charge >= 0.3 is 0 Å². The molecule has 2 nitrogen and oxygen atoms in total. The van der Waals surface area contributed by atoms with Gasteiger partial charge in [-0.15, -0.1) is 0 Å². The zero-order valence-electron chi connectivity index (χ0n) is 14.0. The van der Waals surface area contributed by atoms with Crippen LogP contribution in [0.25, 0.3) is 0 Å². The molecule has 0 aliphatic carbocycles. The quantitative estimate of drug-likeness (QED) is 0.778. The molecule has 22 heavy (non-hydrogen) atoms. The van der Waals surface area contributed by atoms with E-state index in [2.05, 4.69) is 35.3 Å². The minimum Gasteiger partial charge on any atom is -0.314 e. The van der Waals surface area contributed by atoms with Crippen molar-refractivity contribution in [1.82, 2.24) is 10.2 Å². The molecule has 3 rings (SSSR count). The van der Waals surface area contributed by atoms with Gasteiger partial charge in [0.2, 0.25) is 0 Å². The highest BCUT2D eigenvalue weighted by atomic mass is 15.2. The van der Waals surface area contributed by atoms with Crippen molar-refractivity contribution in [1.29, 1.82) is 0 Å². The van der Waals surface area contributed by atoms with Gasteiger partial charge in [-0.3, -0.25) is 0 Å². The highest BCUT2D eigenvalue weighted by Crippen LogP contribution is 2.24. The molecular weight excluding hydrogens is 267 g/mol. The van der Waals surface area contributed by atoms with E-state index in [4.69, 9.17) is 7.85 Å². The van der Waals surface area contributed by atoms with Gasteiger partial charge in [0, 0.05) is 19.1 Å². The molecule has 0 bridgehead atoms. The van der Waals surface area contributed by atoms with Crippen molar-refractivity contribution in [2.45, 2.75) is 51.4 Å². The second kappa shape index (κ2) is 7.65. The van der Waals surface area contributed by atoms with Gasteiger partial charge in [-0.1, -0.05) is 24.5 Å². The molecule has 1 aromatic rings. The third-order valence-electron chi connectivity index (χ3n) is 5.34. The van der Waals surface area contributed by atoms with E-state index in [1.807, 2.05) is 0 Å². The molecule has 0 saturated carbocycles. The van der Waals surface area contributed by atoms with Gasteiger partial charge in [-0.2, -0.15) is 0 Å². The van der Waals surface area contributed by atoms with Crippen LogP contribution < -0.4 is 5.32 Å².